The Hall–Kier alpha value is 0.492. The van der Waals surface area contributed by atoms with Crippen LogP contribution >= 0.6 is 43.5 Å². The first-order valence-corrected chi connectivity index (χ1v) is 14.4. The Bertz CT molecular complexity index is 1090. The molecule has 1 aromatic carbocycles. The summed E-state index contributed by atoms with van der Waals surface area (Å²) >= 11 is 13.9. The smallest absolute Gasteiger partial charge is 0.225 e. The van der Waals surface area contributed by atoms with E-state index in [1.807, 2.05) is 17.2 Å². The van der Waals surface area contributed by atoms with E-state index >= 15 is 0 Å². The number of likely N-dealkylation sites (tertiary alicyclic amines) is 1. The number of aliphatic hydroxyl groups is 1. The molecule has 5 rings (SSSR count). The largest absolute Gasteiger partial charge is 0.393 e. The summed E-state index contributed by atoms with van der Waals surface area (Å²) in [6.07, 6.45) is 7.78. The van der Waals surface area contributed by atoms with Gasteiger partial charge in [0.1, 0.15) is 0 Å². The van der Waals surface area contributed by atoms with E-state index in [1.165, 1.54) is 22.4 Å². The van der Waals surface area contributed by atoms with Crippen molar-refractivity contribution >= 4 is 49.4 Å². The minimum absolute atomic E-state index is 0. The van der Waals surface area contributed by atoms with Gasteiger partial charge in [-0.15, -0.1) is 0 Å². The number of carbonyl (C=O) groups excluding carboxylic acids is 1. The van der Waals surface area contributed by atoms with Gasteiger partial charge >= 0.3 is 0 Å². The molecule has 3 aliphatic rings. The van der Waals surface area contributed by atoms with Crippen molar-refractivity contribution in [3.8, 4) is 0 Å². The number of hydrogen-bond acceptors (Lipinski definition) is 3. The molecular weight excluding hydrogens is 807 g/mol. The van der Waals surface area contributed by atoms with Crippen LogP contribution in [-0.4, -0.2) is 40.1 Å². The summed E-state index contributed by atoms with van der Waals surface area (Å²) in [5.74, 6) is 1.09. The fourth-order valence-corrected chi connectivity index (χ4v) is 7.76. The van der Waals surface area contributed by atoms with Gasteiger partial charge in [0.05, 0.1) is 11.8 Å². The van der Waals surface area contributed by atoms with Crippen LogP contribution < -0.4 is 0 Å². The van der Waals surface area contributed by atoms with Crippen molar-refractivity contribution in [2.75, 3.05) is 13.1 Å². The number of benzene rings is 1. The number of amides is 1. The Kier molecular flexibility index (Phi) is 9.87. The SMILES string of the molecule is CC1CCC(C(=O)N2CCC([C@H]3c4ncc(Br)cc4CCc4cc(Cl)cc(Br)c43)CC2)CC1O.[Ac]. The first kappa shape index (κ1) is 28.5. The van der Waals surface area contributed by atoms with Crippen molar-refractivity contribution in [1.82, 2.24) is 9.88 Å². The Morgan fingerprint density at radius 3 is 2.51 bits per heavy atom. The minimum atomic E-state index is -0.353. The van der Waals surface area contributed by atoms with E-state index in [9.17, 15) is 9.90 Å². The van der Waals surface area contributed by atoms with Crippen LogP contribution in [0.5, 0.6) is 0 Å². The molecule has 35 heavy (non-hydrogen) atoms. The number of aliphatic hydroxyl groups excluding tert-OH is 1. The Morgan fingerprint density at radius 1 is 1.09 bits per heavy atom. The third kappa shape index (κ3) is 6.06. The number of fused-ring (bicyclic) bond motifs is 2. The maximum Gasteiger partial charge on any atom is 0.225 e. The minimum Gasteiger partial charge on any atom is -0.393 e. The number of pyridine rings is 1. The van der Waals surface area contributed by atoms with E-state index in [4.69, 9.17) is 16.6 Å². The molecule has 4 nitrogen and oxygen atoms in total. The average Bonchev–Trinajstić information content (AvgIpc) is 2.97. The third-order valence-corrected chi connectivity index (χ3v) is 9.55. The number of aryl methyl sites for hydroxylation is 2. The molecule has 2 aliphatic carbocycles. The zero-order chi connectivity index (χ0) is 24.0. The summed E-state index contributed by atoms with van der Waals surface area (Å²) in [7, 11) is 0. The molecule has 2 heterocycles. The Labute approximate surface area is 265 Å². The third-order valence-electron chi connectivity index (χ3n) is 8.24. The van der Waals surface area contributed by atoms with Crippen LogP contribution in [-0.2, 0) is 17.6 Å². The predicted molar refractivity (Wildman–Crippen MR) is 142 cm³/mol. The van der Waals surface area contributed by atoms with Gasteiger partial charge in [-0.05, 0) is 108 Å². The second-order valence-electron chi connectivity index (χ2n) is 10.4. The van der Waals surface area contributed by atoms with E-state index < -0.39 is 0 Å². The molecule has 0 spiro atoms. The first-order chi connectivity index (χ1) is 16.3. The van der Waals surface area contributed by atoms with Gasteiger partial charge < -0.3 is 10.0 Å². The molecule has 0 bridgehead atoms. The first-order valence-electron chi connectivity index (χ1n) is 12.4. The standard InChI is InChI=1S/C27H31Br2ClN2O2.Ac/c1-15-2-3-19(12-23(15)33)27(34)32-8-6-16(7-9-32)25-24-17(11-21(30)13-22(24)29)4-5-18-10-20(28)14-31-26(18)25;/h10-11,13-16,19,23,25,33H,2-9,12H2,1H3;/t15?,19?,23?,25-;/m1./s1. The number of halogens is 3. The van der Waals surface area contributed by atoms with Crippen molar-refractivity contribution in [2.45, 2.75) is 63.9 Å². The van der Waals surface area contributed by atoms with E-state index in [1.54, 1.807) is 0 Å². The van der Waals surface area contributed by atoms with Crippen molar-refractivity contribution in [3.63, 3.8) is 0 Å². The van der Waals surface area contributed by atoms with E-state index in [-0.39, 0.29) is 67.9 Å². The summed E-state index contributed by atoms with van der Waals surface area (Å²) in [4.78, 5) is 20.2. The molecule has 4 atom stereocenters. The van der Waals surface area contributed by atoms with Crippen LogP contribution in [0.2, 0.25) is 5.02 Å². The predicted octanol–water partition coefficient (Wildman–Crippen LogP) is 6.53. The van der Waals surface area contributed by atoms with Gasteiger partial charge in [0.15, 0.2) is 0 Å². The maximum absolute atomic E-state index is 13.2. The zero-order valence-electron chi connectivity index (χ0n) is 20.0. The van der Waals surface area contributed by atoms with Gasteiger partial charge in [-0.25, -0.2) is 0 Å². The summed E-state index contributed by atoms with van der Waals surface area (Å²) in [5.41, 5.74) is 5.07. The monoisotopic (exact) mass is 835 g/mol. The Balaban J connectivity index is 0.00000289. The number of nitrogens with zero attached hydrogens (tertiary/aromatic N) is 2. The van der Waals surface area contributed by atoms with Crippen molar-refractivity contribution in [2.24, 2.45) is 17.8 Å². The average molecular weight is 838 g/mol. The van der Waals surface area contributed by atoms with Crippen LogP contribution in [0.3, 0.4) is 0 Å². The van der Waals surface area contributed by atoms with Gasteiger partial charge in [0.2, 0.25) is 5.91 Å². The molecule has 1 radical (unpaired) electrons. The molecule has 2 fully saturated rings. The maximum atomic E-state index is 13.2. The molecule has 2 aromatic rings. The van der Waals surface area contributed by atoms with E-state index in [0.717, 1.165) is 65.6 Å². The van der Waals surface area contributed by atoms with Gasteiger partial charge in [-0.1, -0.05) is 34.5 Å². The summed E-state index contributed by atoms with van der Waals surface area (Å²) in [6, 6.07) is 6.33. The normalized spacial score (nSPS) is 26.8. The molecule has 1 aromatic heterocycles. The second-order valence-corrected chi connectivity index (χ2v) is 12.6. The van der Waals surface area contributed by atoms with Crippen LogP contribution in [0, 0.1) is 61.8 Å². The molecule has 1 saturated carbocycles. The molecule has 3 unspecified atom stereocenters. The van der Waals surface area contributed by atoms with Gasteiger partial charge in [0.25, 0.3) is 0 Å². The fraction of sp³-hybridized carbons (Fsp3) is 0.556. The number of rotatable bonds is 2. The summed E-state index contributed by atoms with van der Waals surface area (Å²) < 4.78 is 2.07. The number of piperidine rings is 1. The molecular formula is C27H31AcBr2ClN2O2. The second kappa shape index (κ2) is 12.1. The summed E-state index contributed by atoms with van der Waals surface area (Å²) in [5, 5.41) is 11.0. The molecule has 1 amide bonds. The van der Waals surface area contributed by atoms with Crippen molar-refractivity contribution in [3.05, 3.63) is 60.7 Å². The molecule has 1 aliphatic heterocycles. The van der Waals surface area contributed by atoms with Gasteiger partial charge in [-0.3, -0.25) is 9.78 Å². The van der Waals surface area contributed by atoms with E-state index in [2.05, 4.69) is 50.9 Å². The quantitative estimate of drug-likeness (QED) is 0.375. The molecule has 8 heteroatoms. The molecule has 185 valence electrons. The van der Waals surface area contributed by atoms with Crippen molar-refractivity contribution < 1.29 is 54.0 Å². The number of hydrogen-bond donors (Lipinski definition) is 1. The number of carbonyl (C=O) groups is 1. The zero-order valence-corrected chi connectivity index (χ0v) is 28.7. The molecule has 1 saturated heterocycles. The topological polar surface area (TPSA) is 53.4 Å². The van der Waals surface area contributed by atoms with Crippen LogP contribution in [0.1, 0.15) is 67.3 Å². The van der Waals surface area contributed by atoms with Crippen LogP contribution in [0.25, 0.3) is 0 Å². The van der Waals surface area contributed by atoms with Crippen molar-refractivity contribution in [1.29, 1.82) is 0 Å². The summed E-state index contributed by atoms with van der Waals surface area (Å²) in [6.45, 7) is 3.63. The van der Waals surface area contributed by atoms with Gasteiger partial charge in [0, 0.05) is 89.2 Å². The van der Waals surface area contributed by atoms with Gasteiger partial charge in [-0.2, -0.15) is 0 Å². The van der Waals surface area contributed by atoms with E-state index in [0.29, 0.717) is 18.3 Å². The fourth-order valence-electron chi connectivity index (χ4n) is 6.26. The Morgan fingerprint density at radius 2 is 1.80 bits per heavy atom. The van der Waals surface area contributed by atoms with Crippen LogP contribution in [0.4, 0.5) is 0 Å². The van der Waals surface area contributed by atoms with Crippen LogP contribution in [0.15, 0.2) is 33.3 Å². The number of aromatic nitrogens is 1. The molecule has 1 N–H and O–H groups in total.